The molecule has 0 radical (unpaired) electrons. The first-order valence-corrected chi connectivity index (χ1v) is 8.92. The number of hydrogen-bond acceptors (Lipinski definition) is 4. The van der Waals surface area contributed by atoms with Crippen LogP contribution in [-0.4, -0.2) is 51.2 Å². The fraction of sp³-hybridized carbons (Fsp3) is 0.632. The minimum atomic E-state index is 0.150. The van der Waals surface area contributed by atoms with Crippen LogP contribution in [0.15, 0.2) is 24.3 Å². The summed E-state index contributed by atoms with van der Waals surface area (Å²) in [4.78, 5) is 14.3. The molecule has 24 heavy (non-hydrogen) atoms. The van der Waals surface area contributed by atoms with Crippen molar-refractivity contribution in [2.45, 2.75) is 31.6 Å². The summed E-state index contributed by atoms with van der Waals surface area (Å²) in [5.74, 6) is 0.891. The Kier molecular flexibility index (Phi) is 7.53. The second-order valence-corrected chi connectivity index (χ2v) is 6.92. The predicted molar refractivity (Wildman–Crippen MR) is 97.9 cm³/mol. The molecule has 1 aliphatic carbocycles. The van der Waals surface area contributed by atoms with E-state index in [-0.39, 0.29) is 11.8 Å². The molecule has 3 N–H and O–H groups in total. The second kappa shape index (κ2) is 9.64. The number of nitrogens with two attached hydrogens (primary N) is 1. The molecule has 2 rings (SSSR count). The van der Waals surface area contributed by atoms with Gasteiger partial charge in [0, 0.05) is 24.7 Å². The van der Waals surface area contributed by atoms with Crippen LogP contribution in [0.1, 0.15) is 37.2 Å². The average Bonchev–Trinajstić information content (AvgIpc) is 2.58. The van der Waals surface area contributed by atoms with Gasteiger partial charge in [-0.25, -0.2) is 0 Å². The number of nitrogens with one attached hydrogen (secondary N) is 1. The number of hydrogen-bond donors (Lipinski definition) is 2. The monoisotopic (exact) mass is 333 g/mol. The maximum absolute atomic E-state index is 12.2. The number of likely N-dealkylation sites (N-methyl/N-ethyl adjacent to an activating group) is 1. The minimum Gasteiger partial charge on any atom is -0.399 e. The van der Waals surface area contributed by atoms with E-state index in [9.17, 15) is 4.79 Å². The average molecular weight is 333 g/mol. The summed E-state index contributed by atoms with van der Waals surface area (Å²) in [7, 11) is 4.04. The van der Waals surface area contributed by atoms with Gasteiger partial charge in [0.2, 0.25) is 5.91 Å². The van der Waals surface area contributed by atoms with Gasteiger partial charge in [-0.15, -0.1) is 0 Å². The lowest BCUT2D eigenvalue weighted by atomic mass is 9.78. The van der Waals surface area contributed by atoms with Crippen molar-refractivity contribution >= 4 is 11.6 Å². The molecule has 1 saturated carbocycles. The molecule has 0 atom stereocenters. The first-order valence-electron chi connectivity index (χ1n) is 8.92. The summed E-state index contributed by atoms with van der Waals surface area (Å²) < 4.78 is 5.50. The van der Waals surface area contributed by atoms with Gasteiger partial charge in [0.25, 0.3) is 0 Å². The van der Waals surface area contributed by atoms with Gasteiger partial charge in [-0.05, 0) is 63.4 Å². The summed E-state index contributed by atoms with van der Waals surface area (Å²) >= 11 is 0. The standard InChI is InChI=1S/C19H31N3O2/c1-22(2)12-14-24-13-11-21-19(23)17-5-3-15(4-6-17)16-7-9-18(20)10-8-16/h7-10,15,17H,3-6,11-14,20H2,1-2H3,(H,21,23). The molecule has 1 aromatic rings. The van der Waals surface area contributed by atoms with Gasteiger partial charge < -0.3 is 20.7 Å². The molecule has 1 fully saturated rings. The van der Waals surface area contributed by atoms with Gasteiger partial charge in [-0.3, -0.25) is 4.79 Å². The fourth-order valence-electron chi connectivity index (χ4n) is 3.20. The number of rotatable bonds is 8. The summed E-state index contributed by atoms with van der Waals surface area (Å²) in [6, 6.07) is 8.16. The molecule has 5 nitrogen and oxygen atoms in total. The van der Waals surface area contributed by atoms with Crippen LogP contribution in [0.5, 0.6) is 0 Å². The molecular formula is C19H31N3O2. The minimum absolute atomic E-state index is 0.150. The lowest BCUT2D eigenvalue weighted by molar-refractivity contribution is -0.126. The molecule has 1 aromatic carbocycles. The molecule has 0 saturated heterocycles. The predicted octanol–water partition coefficient (Wildman–Crippen LogP) is 2.24. The second-order valence-electron chi connectivity index (χ2n) is 6.92. The van der Waals surface area contributed by atoms with Gasteiger partial charge >= 0.3 is 0 Å². The lowest BCUT2D eigenvalue weighted by Gasteiger charge is -2.28. The normalized spacial score (nSPS) is 21.0. The Hall–Kier alpha value is -1.59. The van der Waals surface area contributed by atoms with Crippen molar-refractivity contribution in [3.8, 4) is 0 Å². The number of nitrogens with zero attached hydrogens (tertiary/aromatic N) is 1. The molecule has 0 bridgehead atoms. The molecule has 0 unspecified atom stereocenters. The molecule has 0 aromatic heterocycles. The molecule has 1 aliphatic rings. The van der Waals surface area contributed by atoms with E-state index in [0.29, 0.717) is 25.7 Å². The summed E-state index contributed by atoms with van der Waals surface area (Å²) in [5, 5.41) is 3.01. The Balaban J connectivity index is 1.63. The number of ether oxygens (including phenoxy) is 1. The number of carbonyl (C=O) groups excluding carboxylic acids is 1. The highest BCUT2D eigenvalue weighted by Crippen LogP contribution is 2.35. The van der Waals surface area contributed by atoms with Crippen molar-refractivity contribution in [1.29, 1.82) is 0 Å². The van der Waals surface area contributed by atoms with Crippen LogP contribution in [-0.2, 0) is 9.53 Å². The highest BCUT2D eigenvalue weighted by Gasteiger charge is 2.26. The van der Waals surface area contributed by atoms with Crippen LogP contribution < -0.4 is 11.1 Å². The molecule has 1 amide bonds. The zero-order chi connectivity index (χ0) is 17.4. The van der Waals surface area contributed by atoms with E-state index in [1.165, 1.54) is 5.56 Å². The topological polar surface area (TPSA) is 67.6 Å². The Bertz CT molecular complexity index is 494. The fourth-order valence-corrected chi connectivity index (χ4v) is 3.20. The van der Waals surface area contributed by atoms with E-state index >= 15 is 0 Å². The Morgan fingerprint density at radius 3 is 2.46 bits per heavy atom. The Morgan fingerprint density at radius 1 is 1.17 bits per heavy atom. The van der Waals surface area contributed by atoms with E-state index in [1.54, 1.807) is 0 Å². The third-order valence-electron chi connectivity index (χ3n) is 4.73. The van der Waals surface area contributed by atoms with Crippen LogP contribution in [0.2, 0.25) is 0 Å². The van der Waals surface area contributed by atoms with Gasteiger partial charge in [0.1, 0.15) is 0 Å². The van der Waals surface area contributed by atoms with E-state index in [4.69, 9.17) is 10.5 Å². The summed E-state index contributed by atoms with van der Waals surface area (Å²) in [6.07, 6.45) is 4.06. The molecule has 0 spiro atoms. The maximum Gasteiger partial charge on any atom is 0.223 e. The first kappa shape index (κ1) is 18.7. The lowest BCUT2D eigenvalue weighted by Crippen LogP contribution is -2.35. The summed E-state index contributed by atoms with van der Waals surface area (Å²) in [6.45, 7) is 2.79. The van der Waals surface area contributed by atoms with Crippen LogP contribution >= 0.6 is 0 Å². The van der Waals surface area contributed by atoms with Crippen LogP contribution in [0.25, 0.3) is 0 Å². The highest BCUT2D eigenvalue weighted by atomic mass is 16.5. The first-order chi connectivity index (χ1) is 11.6. The maximum atomic E-state index is 12.2. The van der Waals surface area contributed by atoms with Gasteiger partial charge in [0.05, 0.1) is 13.2 Å². The number of amides is 1. The number of carbonyl (C=O) groups is 1. The third kappa shape index (κ3) is 6.13. The molecule has 134 valence electrons. The van der Waals surface area contributed by atoms with E-state index in [2.05, 4.69) is 22.3 Å². The number of nitrogen functional groups attached to an aromatic ring is 1. The molecular weight excluding hydrogens is 302 g/mol. The molecule has 0 heterocycles. The van der Waals surface area contributed by atoms with Crippen molar-refractivity contribution in [2.75, 3.05) is 46.1 Å². The van der Waals surface area contributed by atoms with Crippen LogP contribution in [0, 0.1) is 5.92 Å². The van der Waals surface area contributed by atoms with Crippen molar-refractivity contribution in [1.82, 2.24) is 10.2 Å². The quantitative estimate of drug-likeness (QED) is 0.565. The highest BCUT2D eigenvalue weighted by molar-refractivity contribution is 5.78. The third-order valence-corrected chi connectivity index (χ3v) is 4.73. The van der Waals surface area contributed by atoms with Gasteiger partial charge in [-0.2, -0.15) is 0 Å². The number of benzene rings is 1. The zero-order valence-corrected chi connectivity index (χ0v) is 15.0. The molecule has 5 heteroatoms. The van der Waals surface area contributed by atoms with Gasteiger partial charge in [0.15, 0.2) is 0 Å². The zero-order valence-electron chi connectivity index (χ0n) is 15.0. The van der Waals surface area contributed by atoms with Crippen LogP contribution in [0.3, 0.4) is 0 Å². The van der Waals surface area contributed by atoms with E-state index in [1.807, 2.05) is 26.2 Å². The SMILES string of the molecule is CN(C)CCOCCNC(=O)C1CCC(c2ccc(N)cc2)CC1. The van der Waals surface area contributed by atoms with Crippen LogP contribution in [0.4, 0.5) is 5.69 Å². The Labute approximate surface area is 145 Å². The smallest absolute Gasteiger partial charge is 0.223 e. The van der Waals surface area contributed by atoms with E-state index in [0.717, 1.165) is 37.9 Å². The van der Waals surface area contributed by atoms with Crippen molar-refractivity contribution in [3.05, 3.63) is 29.8 Å². The van der Waals surface area contributed by atoms with Crippen molar-refractivity contribution in [3.63, 3.8) is 0 Å². The number of anilines is 1. The largest absolute Gasteiger partial charge is 0.399 e. The van der Waals surface area contributed by atoms with Crippen molar-refractivity contribution < 1.29 is 9.53 Å². The molecule has 0 aliphatic heterocycles. The van der Waals surface area contributed by atoms with E-state index < -0.39 is 0 Å². The van der Waals surface area contributed by atoms with Gasteiger partial charge in [-0.1, -0.05) is 12.1 Å². The summed E-state index contributed by atoms with van der Waals surface area (Å²) in [5.41, 5.74) is 7.89. The van der Waals surface area contributed by atoms with Crippen molar-refractivity contribution in [2.24, 2.45) is 5.92 Å². The Morgan fingerprint density at radius 2 is 1.83 bits per heavy atom.